The third-order valence-electron chi connectivity index (χ3n) is 4.89. The van der Waals surface area contributed by atoms with Crippen LogP contribution in [0.4, 0.5) is 4.39 Å². The molecule has 1 aromatic heterocycles. The summed E-state index contributed by atoms with van der Waals surface area (Å²) in [6.07, 6.45) is 0.298. The van der Waals surface area contributed by atoms with Gasteiger partial charge in [-0.3, -0.25) is 9.69 Å². The molecule has 0 saturated carbocycles. The molecule has 2 aromatic carbocycles. The second kappa shape index (κ2) is 8.26. The maximum atomic E-state index is 13.0. The van der Waals surface area contributed by atoms with E-state index in [-0.39, 0.29) is 11.7 Å². The zero-order valence-corrected chi connectivity index (χ0v) is 15.4. The third-order valence-corrected chi connectivity index (χ3v) is 4.89. The molecular formula is C20H21FN6O. The van der Waals surface area contributed by atoms with E-state index in [9.17, 15) is 9.18 Å². The molecule has 1 amide bonds. The zero-order valence-electron chi connectivity index (χ0n) is 15.4. The van der Waals surface area contributed by atoms with Gasteiger partial charge in [-0.2, -0.15) is 4.68 Å². The Labute approximate surface area is 162 Å². The lowest BCUT2D eigenvalue weighted by atomic mass is 10.1. The molecular weight excluding hydrogens is 359 g/mol. The van der Waals surface area contributed by atoms with Crippen molar-refractivity contribution in [3.05, 3.63) is 71.8 Å². The van der Waals surface area contributed by atoms with E-state index in [0.29, 0.717) is 26.1 Å². The van der Waals surface area contributed by atoms with Crippen LogP contribution in [0.25, 0.3) is 5.69 Å². The number of nitrogens with zero attached hydrogens (tertiary/aromatic N) is 6. The normalized spacial score (nSPS) is 15.0. The first kappa shape index (κ1) is 18.2. The van der Waals surface area contributed by atoms with Crippen LogP contribution in [-0.2, 0) is 17.8 Å². The molecule has 0 bridgehead atoms. The van der Waals surface area contributed by atoms with Gasteiger partial charge in [-0.1, -0.05) is 30.3 Å². The molecule has 144 valence electrons. The summed E-state index contributed by atoms with van der Waals surface area (Å²) in [4.78, 5) is 16.6. The number of hydrogen-bond acceptors (Lipinski definition) is 5. The van der Waals surface area contributed by atoms with Gasteiger partial charge in [0.2, 0.25) is 5.91 Å². The second-order valence-corrected chi connectivity index (χ2v) is 6.80. The fourth-order valence-corrected chi connectivity index (χ4v) is 3.32. The van der Waals surface area contributed by atoms with E-state index >= 15 is 0 Å². The molecule has 0 radical (unpaired) electrons. The van der Waals surface area contributed by atoms with Crippen LogP contribution in [0.15, 0.2) is 54.6 Å². The van der Waals surface area contributed by atoms with E-state index in [1.54, 1.807) is 16.8 Å². The van der Waals surface area contributed by atoms with E-state index in [1.165, 1.54) is 12.1 Å². The minimum Gasteiger partial charge on any atom is -0.340 e. The third kappa shape index (κ3) is 4.23. The summed E-state index contributed by atoms with van der Waals surface area (Å²) in [6, 6.07) is 15.9. The number of rotatable bonds is 5. The fourth-order valence-electron chi connectivity index (χ4n) is 3.32. The van der Waals surface area contributed by atoms with Crippen LogP contribution in [0.1, 0.15) is 11.4 Å². The highest BCUT2D eigenvalue weighted by molar-refractivity contribution is 5.78. The summed E-state index contributed by atoms with van der Waals surface area (Å²) >= 11 is 0. The number of amides is 1. The summed E-state index contributed by atoms with van der Waals surface area (Å²) in [5.74, 6) is 0.556. The molecule has 0 unspecified atom stereocenters. The monoisotopic (exact) mass is 380 g/mol. The van der Waals surface area contributed by atoms with Gasteiger partial charge >= 0.3 is 0 Å². The number of aromatic nitrogens is 4. The van der Waals surface area contributed by atoms with Gasteiger partial charge in [0.05, 0.1) is 18.7 Å². The second-order valence-electron chi connectivity index (χ2n) is 6.80. The smallest absolute Gasteiger partial charge is 0.227 e. The summed E-state index contributed by atoms with van der Waals surface area (Å²) in [5.41, 5.74) is 1.76. The number of hydrogen-bond donors (Lipinski definition) is 0. The first-order valence-corrected chi connectivity index (χ1v) is 9.26. The van der Waals surface area contributed by atoms with E-state index in [0.717, 1.165) is 30.2 Å². The largest absolute Gasteiger partial charge is 0.340 e. The van der Waals surface area contributed by atoms with Crippen molar-refractivity contribution < 1.29 is 9.18 Å². The molecule has 3 aromatic rings. The van der Waals surface area contributed by atoms with Crippen molar-refractivity contribution in [2.75, 3.05) is 26.2 Å². The number of para-hydroxylation sites is 1. The van der Waals surface area contributed by atoms with Crippen LogP contribution < -0.4 is 0 Å². The molecule has 0 atom stereocenters. The topological polar surface area (TPSA) is 67.2 Å². The van der Waals surface area contributed by atoms with Gasteiger partial charge in [-0.25, -0.2) is 4.39 Å². The van der Waals surface area contributed by atoms with Crippen LogP contribution in [0.3, 0.4) is 0 Å². The Hall–Kier alpha value is -3.13. The van der Waals surface area contributed by atoms with Crippen LogP contribution in [-0.4, -0.2) is 62.1 Å². The van der Waals surface area contributed by atoms with Crippen molar-refractivity contribution in [1.29, 1.82) is 0 Å². The van der Waals surface area contributed by atoms with E-state index in [4.69, 9.17) is 0 Å². The number of tetrazole rings is 1. The van der Waals surface area contributed by atoms with Gasteiger partial charge in [-0.05, 0) is 40.3 Å². The Kier molecular flexibility index (Phi) is 5.38. The van der Waals surface area contributed by atoms with Crippen molar-refractivity contribution in [3.8, 4) is 5.69 Å². The molecule has 8 heteroatoms. The summed E-state index contributed by atoms with van der Waals surface area (Å²) in [7, 11) is 0. The van der Waals surface area contributed by atoms with Crippen LogP contribution in [0.2, 0.25) is 0 Å². The molecule has 1 fully saturated rings. The summed E-state index contributed by atoms with van der Waals surface area (Å²) in [6.45, 7) is 3.47. The highest BCUT2D eigenvalue weighted by atomic mass is 19.1. The predicted molar refractivity (Wildman–Crippen MR) is 101 cm³/mol. The van der Waals surface area contributed by atoms with Crippen LogP contribution >= 0.6 is 0 Å². The molecule has 0 N–H and O–H groups in total. The van der Waals surface area contributed by atoms with Gasteiger partial charge in [0.1, 0.15) is 5.82 Å². The fraction of sp³-hybridized carbons (Fsp3) is 0.300. The number of piperazine rings is 1. The van der Waals surface area contributed by atoms with Gasteiger partial charge in [0.15, 0.2) is 5.82 Å². The maximum absolute atomic E-state index is 13.0. The Bertz CT molecular complexity index is 919. The van der Waals surface area contributed by atoms with Gasteiger partial charge < -0.3 is 4.90 Å². The van der Waals surface area contributed by atoms with Gasteiger partial charge in [-0.15, -0.1) is 5.10 Å². The maximum Gasteiger partial charge on any atom is 0.227 e. The highest BCUT2D eigenvalue weighted by Crippen LogP contribution is 2.12. The highest BCUT2D eigenvalue weighted by Gasteiger charge is 2.23. The summed E-state index contributed by atoms with van der Waals surface area (Å²) < 4.78 is 14.7. The minimum absolute atomic E-state index is 0.0698. The predicted octanol–water partition coefficient (Wildman–Crippen LogP) is 1.69. The van der Waals surface area contributed by atoms with Crippen molar-refractivity contribution in [1.82, 2.24) is 30.0 Å². The van der Waals surface area contributed by atoms with Gasteiger partial charge in [0.25, 0.3) is 0 Å². The molecule has 1 aliphatic rings. The first-order valence-electron chi connectivity index (χ1n) is 9.26. The standard InChI is InChI=1S/C20H21FN6O/c21-17-8-6-16(7-9-17)14-20(28)26-12-10-25(11-13-26)15-19-22-23-24-27(19)18-4-2-1-3-5-18/h1-9H,10-15H2. The SMILES string of the molecule is O=C(Cc1ccc(F)cc1)N1CCN(Cc2nnnn2-c2ccccc2)CC1. The lowest BCUT2D eigenvalue weighted by Crippen LogP contribution is -2.48. The van der Waals surface area contributed by atoms with E-state index in [1.807, 2.05) is 35.2 Å². The summed E-state index contributed by atoms with van der Waals surface area (Å²) in [5, 5.41) is 12.0. The number of halogens is 1. The zero-order chi connectivity index (χ0) is 19.3. The Balaban J connectivity index is 1.32. The average molecular weight is 380 g/mol. The number of carbonyl (C=O) groups is 1. The minimum atomic E-state index is -0.289. The van der Waals surface area contributed by atoms with Crippen molar-refractivity contribution in [2.24, 2.45) is 0 Å². The number of carbonyl (C=O) groups excluding carboxylic acids is 1. The number of benzene rings is 2. The van der Waals surface area contributed by atoms with Crippen molar-refractivity contribution in [2.45, 2.75) is 13.0 Å². The quantitative estimate of drug-likeness (QED) is 0.674. The lowest BCUT2D eigenvalue weighted by Gasteiger charge is -2.34. The molecule has 1 saturated heterocycles. The van der Waals surface area contributed by atoms with Gasteiger partial charge in [0, 0.05) is 26.2 Å². The Morgan fingerprint density at radius 1 is 0.964 bits per heavy atom. The molecule has 1 aliphatic heterocycles. The first-order chi connectivity index (χ1) is 13.7. The van der Waals surface area contributed by atoms with Crippen molar-refractivity contribution in [3.63, 3.8) is 0 Å². The lowest BCUT2D eigenvalue weighted by molar-refractivity contribution is -0.132. The van der Waals surface area contributed by atoms with Crippen molar-refractivity contribution >= 4 is 5.91 Å². The average Bonchev–Trinajstić information content (AvgIpc) is 3.19. The molecule has 0 aliphatic carbocycles. The Morgan fingerprint density at radius 3 is 2.39 bits per heavy atom. The molecule has 7 nitrogen and oxygen atoms in total. The molecule has 4 rings (SSSR count). The molecule has 0 spiro atoms. The van der Waals surface area contributed by atoms with E-state index in [2.05, 4.69) is 20.4 Å². The van der Waals surface area contributed by atoms with Crippen LogP contribution in [0.5, 0.6) is 0 Å². The van der Waals surface area contributed by atoms with Crippen LogP contribution in [0, 0.1) is 5.82 Å². The molecule has 2 heterocycles. The molecule has 28 heavy (non-hydrogen) atoms. The Morgan fingerprint density at radius 2 is 1.68 bits per heavy atom. The van der Waals surface area contributed by atoms with E-state index < -0.39 is 0 Å².